The highest BCUT2D eigenvalue weighted by Crippen LogP contribution is 2.48. The Morgan fingerprint density at radius 3 is 2.22 bits per heavy atom. The van der Waals surface area contributed by atoms with Gasteiger partial charge in [0.25, 0.3) is 0 Å². The lowest BCUT2D eigenvalue weighted by Crippen LogP contribution is -2.34. The Morgan fingerprint density at radius 1 is 1.00 bits per heavy atom. The molecule has 2 bridgehead atoms. The zero-order valence-electron chi connectivity index (χ0n) is 15.4. The van der Waals surface area contributed by atoms with Crippen LogP contribution in [0.2, 0.25) is 0 Å². The maximum absolute atomic E-state index is 12.4. The van der Waals surface area contributed by atoms with Crippen LogP contribution in [0.5, 0.6) is 0 Å². The van der Waals surface area contributed by atoms with E-state index in [2.05, 4.69) is 38.2 Å². The molecule has 3 nitrogen and oxygen atoms in total. The van der Waals surface area contributed by atoms with Crippen LogP contribution in [0.3, 0.4) is 0 Å². The number of carbonyl (C=O) groups is 1. The molecule has 3 atom stereocenters. The summed E-state index contributed by atoms with van der Waals surface area (Å²) in [6.07, 6.45) is 9.87. The fourth-order valence-corrected chi connectivity index (χ4v) is 5.30. The summed E-state index contributed by atoms with van der Waals surface area (Å²) in [7, 11) is 0. The summed E-state index contributed by atoms with van der Waals surface area (Å²) in [4.78, 5) is 12.4. The van der Waals surface area contributed by atoms with Gasteiger partial charge in [0.1, 0.15) is 0 Å². The molecule has 3 fully saturated rings. The number of nitrogens with zero attached hydrogens (tertiary/aromatic N) is 1. The van der Waals surface area contributed by atoms with Gasteiger partial charge in [0, 0.05) is 17.5 Å². The lowest BCUT2D eigenvalue weighted by Gasteiger charge is -2.36. The summed E-state index contributed by atoms with van der Waals surface area (Å²) in [6.45, 7) is 9.07. The van der Waals surface area contributed by atoms with Crippen molar-refractivity contribution in [1.82, 2.24) is 5.43 Å². The maximum Gasteiger partial charge on any atom is 0.243 e. The molecule has 130 valence electrons. The quantitative estimate of drug-likeness (QED) is 0.591. The first-order chi connectivity index (χ1) is 10.8. The summed E-state index contributed by atoms with van der Waals surface area (Å²) in [6, 6.07) is 0. The minimum absolute atomic E-state index is 0.153. The smallest absolute Gasteiger partial charge is 0.243 e. The second kappa shape index (κ2) is 6.57. The standard InChI is InChI=1S/C20H34N2O/c1-13(18-12-14-5-6-16(18)11-14)21-22-19(23)15-7-9-17(10-8-15)20(2,3)4/h14-18H,5-12H2,1-4H3,(H,22,23)/b21-13-/t14-,15?,16-,17?,18+/m1/s1. The van der Waals surface area contributed by atoms with E-state index < -0.39 is 0 Å². The maximum atomic E-state index is 12.4. The van der Waals surface area contributed by atoms with Crippen LogP contribution >= 0.6 is 0 Å². The van der Waals surface area contributed by atoms with E-state index in [1.54, 1.807) is 0 Å². The molecule has 3 saturated carbocycles. The molecule has 0 unspecified atom stereocenters. The Balaban J connectivity index is 1.47. The zero-order valence-corrected chi connectivity index (χ0v) is 15.4. The van der Waals surface area contributed by atoms with Gasteiger partial charge in [-0.1, -0.05) is 27.2 Å². The Morgan fingerprint density at radius 2 is 1.70 bits per heavy atom. The van der Waals surface area contributed by atoms with Gasteiger partial charge >= 0.3 is 0 Å². The third-order valence-electron chi connectivity index (χ3n) is 6.94. The van der Waals surface area contributed by atoms with Crippen molar-refractivity contribution in [3.8, 4) is 0 Å². The largest absolute Gasteiger partial charge is 0.273 e. The van der Waals surface area contributed by atoms with Crippen molar-refractivity contribution < 1.29 is 4.79 Å². The van der Waals surface area contributed by atoms with Gasteiger partial charge in [0.2, 0.25) is 5.91 Å². The molecule has 0 spiro atoms. The van der Waals surface area contributed by atoms with Crippen LogP contribution in [-0.2, 0) is 4.79 Å². The molecule has 0 aromatic carbocycles. The normalized spacial score (nSPS) is 37.9. The first kappa shape index (κ1) is 17.0. The Bertz CT molecular complexity index is 469. The van der Waals surface area contributed by atoms with E-state index in [1.807, 2.05) is 0 Å². The average Bonchev–Trinajstić information content (AvgIpc) is 3.14. The van der Waals surface area contributed by atoms with E-state index in [9.17, 15) is 4.79 Å². The molecule has 23 heavy (non-hydrogen) atoms. The summed E-state index contributed by atoms with van der Waals surface area (Å²) < 4.78 is 0. The number of carbonyl (C=O) groups excluding carboxylic acids is 1. The molecular weight excluding hydrogens is 284 g/mol. The molecular formula is C20H34N2O. The third-order valence-corrected chi connectivity index (χ3v) is 6.94. The van der Waals surface area contributed by atoms with Crippen LogP contribution in [0.15, 0.2) is 5.10 Å². The van der Waals surface area contributed by atoms with E-state index >= 15 is 0 Å². The van der Waals surface area contributed by atoms with E-state index in [0.29, 0.717) is 11.3 Å². The number of fused-ring (bicyclic) bond motifs is 2. The van der Waals surface area contributed by atoms with Gasteiger partial charge in [0.05, 0.1) is 0 Å². The Kier molecular flexibility index (Phi) is 4.85. The Labute approximate surface area is 141 Å². The van der Waals surface area contributed by atoms with Crippen molar-refractivity contribution in [2.24, 2.45) is 40.1 Å². The van der Waals surface area contributed by atoms with Gasteiger partial charge in [-0.3, -0.25) is 4.79 Å². The van der Waals surface area contributed by atoms with E-state index in [0.717, 1.165) is 36.3 Å². The molecule has 0 aromatic rings. The fraction of sp³-hybridized carbons (Fsp3) is 0.900. The van der Waals surface area contributed by atoms with Crippen molar-refractivity contribution in [2.45, 2.75) is 79.1 Å². The lowest BCUT2D eigenvalue weighted by atomic mass is 9.70. The number of rotatable bonds is 3. The molecule has 3 rings (SSSR count). The van der Waals surface area contributed by atoms with E-state index in [-0.39, 0.29) is 11.8 Å². The van der Waals surface area contributed by atoms with Crippen LogP contribution in [0.25, 0.3) is 0 Å². The van der Waals surface area contributed by atoms with E-state index in [1.165, 1.54) is 38.5 Å². The van der Waals surface area contributed by atoms with Crippen molar-refractivity contribution in [1.29, 1.82) is 0 Å². The molecule has 1 N–H and O–H groups in total. The highest BCUT2D eigenvalue weighted by atomic mass is 16.2. The van der Waals surface area contributed by atoms with Crippen LogP contribution in [-0.4, -0.2) is 11.6 Å². The molecule has 0 saturated heterocycles. The number of hydrogen-bond donors (Lipinski definition) is 1. The van der Waals surface area contributed by atoms with Crippen LogP contribution in [0.4, 0.5) is 0 Å². The van der Waals surface area contributed by atoms with Crippen molar-refractivity contribution in [3.63, 3.8) is 0 Å². The molecule has 3 aliphatic rings. The molecule has 3 heteroatoms. The highest BCUT2D eigenvalue weighted by molar-refractivity contribution is 5.87. The van der Waals surface area contributed by atoms with E-state index in [4.69, 9.17) is 0 Å². The number of amides is 1. The van der Waals surface area contributed by atoms with Gasteiger partial charge in [-0.05, 0) is 75.0 Å². The van der Waals surface area contributed by atoms with Gasteiger partial charge < -0.3 is 0 Å². The first-order valence-electron chi connectivity index (χ1n) is 9.68. The molecule has 0 aliphatic heterocycles. The lowest BCUT2D eigenvalue weighted by molar-refractivity contribution is -0.126. The SMILES string of the molecule is C/C(=N/NC(=O)C1CCC(C(C)(C)C)CC1)[C@@H]1C[C@@H]2CC[C@@H]1C2. The van der Waals surface area contributed by atoms with Crippen molar-refractivity contribution in [3.05, 3.63) is 0 Å². The van der Waals surface area contributed by atoms with Gasteiger partial charge in [0.15, 0.2) is 0 Å². The topological polar surface area (TPSA) is 41.5 Å². The van der Waals surface area contributed by atoms with Gasteiger partial charge in [-0.15, -0.1) is 0 Å². The van der Waals surface area contributed by atoms with Crippen LogP contribution < -0.4 is 5.43 Å². The predicted molar refractivity (Wildman–Crippen MR) is 95.1 cm³/mol. The first-order valence-corrected chi connectivity index (χ1v) is 9.68. The van der Waals surface area contributed by atoms with Gasteiger partial charge in [-0.2, -0.15) is 5.10 Å². The van der Waals surface area contributed by atoms with Crippen molar-refractivity contribution >= 4 is 11.6 Å². The monoisotopic (exact) mass is 318 g/mol. The minimum atomic E-state index is 0.153. The molecule has 3 aliphatic carbocycles. The second-order valence-electron chi connectivity index (χ2n) is 9.43. The molecule has 0 heterocycles. The number of nitrogens with one attached hydrogen (secondary N) is 1. The Hall–Kier alpha value is -0.860. The fourth-order valence-electron chi connectivity index (χ4n) is 5.30. The van der Waals surface area contributed by atoms with Crippen LogP contribution in [0, 0.1) is 35.0 Å². The van der Waals surface area contributed by atoms with Crippen LogP contribution in [0.1, 0.15) is 79.1 Å². The second-order valence-corrected chi connectivity index (χ2v) is 9.43. The molecule has 1 amide bonds. The molecule has 0 radical (unpaired) electrons. The summed E-state index contributed by atoms with van der Waals surface area (Å²) >= 11 is 0. The summed E-state index contributed by atoms with van der Waals surface area (Å²) in [5.74, 6) is 3.47. The average molecular weight is 319 g/mol. The minimum Gasteiger partial charge on any atom is -0.273 e. The number of hydrogen-bond acceptors (Lipinski definition) is 2. The zero-order chi connectivity index (χ0) is 16.6. The van der Waals surface area contributed by atoms with Crippen molar-refractivity contribution in [2.75, 3.05) is 0 Å². The predicted octanol–water partition coefficient (Wildman–Crippen LogP) is 4.77. The summed E-state index contributed by atoms with van der Waals surface area (Å²) in [5, 5.41) is 4.48. The van der Waals surface area contributed by atoms with Gasteiger partial charge in [-0.25, -0.2) is 5.43 Å². The highest BCUT2D eigenvalue weighted by Gasteiger charge is 2.40. The summed E-state index contributed by atoms with van der Waals surface area (Å²) in [5.41, 5.74) is 4.43. The third kappa shape index (κ3) is 3.80. The molecule has 0 aromatic heterocycles. The number of hydrazone groups is 1.